The van der Waals surface area contributed by atoms with Gasteiger partial charge in [-0.1, -0.05) is 35.2 Å². The van der Waals surface area contributed by atoms with Crippen LogP contribution in [0, 0.1) is 0 Å². The highest BCUT2D eigenvalue weighted by Gasteiger charge is 1.97. The Kier molecular flexibility index (Phi) is 6.62. The Balaban J connectivity index is 2.98. The maximum atomic E-state index is 10.5. The first-order valence-corrected chi connectivity index (χ1v) is 5.97. The SMILES string of the molecule is C[S+]([O-])CCCSC(N)=S. The second-order valence-electron chi connectivity index (χ2n) is 1.80. The van der Waals surface area contributed by atoms with Gasteiger partial charge in [-0.05, 0) is 0 Å². The van der Waals surface area contributed by atoms with Crippen LogP contribution in [0.2, 0.25) is 0 Å². The van der Waals surface area contributed by atoms with Gasteiger partial charge in [-0.2, -0.15) is 0 Å². The summed E-state index contributed by atoms with van der Waals surface area (Å²) in [5.74, 6) is 1.63. The molecule has 0 aliphatic heterocycles. The summed E-state index contributed by atoms with van der Waals surface area (Å²) < 4.78 is 11.0. The fourth-order valence-electron chi connectivity index (χ4n) is 0.435. The van der Waals surface area contributed by atoms with Gasteiger partial charge >= 0.3 is 0 Å². The minimum absolute atomic E-state index is 0.474. The van der Waals surface area contributed by atoms with Gasteiger partial charge in [-0.15, -0.1) is 0 Å². The highest BCUT2D eigenvalue weighted by Crippen LogP contribution is 2.02. The summed E-state index contributed by atoms with van der Waals surface area (Å²) in [4.78, 5) is 0. The number of hydrogen-bond donors (Lipinski definition) is 1. The lowest BCUT2D eigenvalue weighted by atomic mass is 10.6. The number of nitrogens with two attached hydrogens (primary N) is 1. The van der Waals surface area contributed by atoms with E-state index in [1.165, 1.54) is 11.8 Å². The molecule has 0 aliphatic rings. The molecule has 0 aromatic rings. The first-order valence-electron chi connectivity index (χ1n) is 2.85. The van der Waals surface area contributed by atoms with Gasteiger partial charge in [0.05, 0.1) is 6.26 Å². The van der Waals surface area contributed by atoms with Crippen molar-refractivity contribution in [1.29, 1.82) is 0 Å². The number of rotatable bonds is 4. The molecule has 0 spiro atoms. The monoisotopic (exact) mass is 197 g/mol. The van der Waals surface area contributed by atoms with Gasteiger partial charge < -0.3 is 10.3 Å². The van der Waals surface area contributed by atoms with Gasteiger partial charge in [-0.25, -0.2) is 0 Å². The largest absolute Gasteiger partial charge is 0.617 e. The van der Waals surface area contributed by atoms with E-state index >= 15 is 0 Å². The molecule has 0 saturated carbocycles. The van der Waals surface area contributed by atoms with Crippen LogP contribution in [-0.2, 0) is 11.2 Å². The number of thioether (sulfide) groups is 1. The van der Waals surface area contributed by atoms with E-state index in [1.807, 2.05) is 0 Å². The minimum Gasteiger partial charge on any atom is -0.617 e. The molecule has 1 atom stereocenters. The van der Waals surface area contributed by atoms with Crippen LogP contribution in [0.3, 0.4) is 0 Å². The molecule has 2 N–H and O–H groups in total. The summed E-state index contributed by atoms with van der Waals surface area (Å²) in [5.41, 5.74) is 5.23. The lowest BCUT2D eigenvalue weighted by Gasteiger charge is -2.02. The number of hydrogen-bond acceptors (Lipinski definition) is 3. The maximum absolute atomic E-state index is 10.5. The van der Waals surface area contributed by atoms with Gasteiger partial charge in [0.2, 0.25) is 0 Å². The van der Waals surface area contributed by atoms with Gasteiger partial charge in [0.25, 0.3) is 0 Å². The van der Waals surface area contributed by atoms with Crippen LogP contribution in [0.1, 0.15) is 6.42 Å². The summed E-state index contributed by atoms with van der Waals surface area (Å²) in [6.07, 6.45) is 2.62. The summed E-state index contributed by atoms with van der Waals surface area (Å²) in [6.45, 7) is 0. The van der Waals surface area contributed by atoms with Gasteiger partial charge in [0.1, 0.15) is 10.1 Å². The van der Waals surface area contributed by atoms with Crippen LogP contribution >= 0.6 is 24.0 Å². The third-order valence-electron chi connectivity index (χ3n) is 0.820. The molecule has 10 heavy (non-hydrogen) atoms. The van der Waals surface area contributed by atoms with Crippen molar-refractivity contribution in [1.82, 2.24) is 0 Å². The molecule has 0 radical (unpaired) electrons. The third kappa shape index (κ3) is 8.55. The lowest BCUT2D eigenvalue weighted by molar-refractivity contribution is 0.599. The fourth-order valence-corrected chi connectivity index (χ4v) is 1.91. The topological polar surface area (TPSA) is 49.1 Å². The Morgan fingerprint density at radius 1 is 1.80 bits per heavy atom. The third-order valence-corrected chi connectivity index (χ3v) is 2.81. The van der Waals surface area contributed by atoms with Crippen molar-refractivity contribution in [2.75, 3.05) is 17.8 Å². The first-order chi connectivity index (χ1) is 4.63. The number of thiocarbonyl (C=S) groups is 1. The first kappa shape index (κ1) is 10.6. The molecule has 0 heterocycles. The molecule has 60 valence electrons. The van der Waals surface area contributed by atoms with Crippen molar-refractivity contribution in [2.24, 2.45) is 5.73 Å². The van der Waals surface area contributed by atoms with E-state index in [0.717, 1.165) is 17.9 Å². The molecule has 2 nitrogen and oxygen atoms in total. The Morgan fingerprint density at radius 3 is 2.80 bits per heavy atom. The minimum atomic E-state index is -0.678. The van der Waals surface area contributed by atoms with Crippen LogP contribution < -0.4 is 5.73 Å². The van der Waals surface area contributed by atoms with Crippen molar-refractivity contribution < 1.29 is 4.55 Å². The standard InChI is InChI=1S/C5H11NOS3/c1-10(7)4-2-3-9-5(6)8/h2-4H2,1H3,(H2,6,8). The van der Waals surface area contributed by atoms with Gasteiger partial charge in [-0.3, -0.25) is 0 Å². The summed E-state index contributed by atoms with van der Waals surface area (Å²) in [5, 5.41) is 0. The molecule has 0 aliphatic carbocycles. The Bertz CT molecular complexity index is 107. The van der Waals surface area contributed by atoms with Gasteiger partial charge in [0, 0.05) is 12.2 Å². The molecule has 0 bridgehead atoms. The Labute approximate surface area is 74.1 Å². The molecule has 0 fully saturated rings. The van der Waals surface area contributed by atoms with Crippen LogP contribution in [0.15, 0.2) is 0 Å². The smallest absolute Gasteiger partial charge is 0.131 e. The molecule has 0 rings (SSSR count). The van der Waals surface area contributed by atoms with Crippen molar-refractivity contribution in [3.63, 3.8) is 0 Å². The zero-order valence-electron chi connectivity index (χ0n) is 5.83. The van der Waals surface area contributed by atoms with E-state index < -0.39 is 11.2 Å². The van der Waals surface area contributed by atoms with E-state index in [1.54, 1.807) is 6.26 Å². The molecular weight excluding hydrogens is 186 g/mol. The summed E-state index contributed by atoms with van der Waals surface area (Å²) in [6, 6.07) is 0. The van der Waals surface area contributed by atoms with E-state index in [0.29, 0.717) is 4.32 Å². The molecule has 0 aromatic heterocycles. The molecular formula is C5H11NOS3. The predicted octanol–water partition coefficient (Wildman–Crippen LogP) is 0.732. The second kappa shape index (κ2) is 6.27. The quantitative estimate of drug-likeness (QED) is 0.410. The summed E-state index contributed by atoms with van der Waals surface area (Å²) >= 11 is 5.41. The van der Waals surface area contributed by atoms with Crippen LogP contribution in [0.25, 0.3) is 0 Å². The zero-order chi connectivity index (χ0) is 7.98. The lowest BCUT2D eigenvalue weighted by Crippen LogP contribution is -2.07. The molecule has 5 heteroatoms. The normalized spacial score (nSPS) is 13.0. The van der Waals surface area contributed by atoms with Crippen molar-refractivity contribution in [2.45, 2.75) is 6.42 Å². The van der Waals surface area contributed by atoms with Crippen molar-refractivity contribution in [3.8, 4) is 0 Å². The highest BCUT2D eigenvalue weighted by atomic mass is 32.2. The average Bonchev–Trinajstić information content (AvgIpc) is 1.79. The van der Waals surface area contributed by atoms with Crippen LogP contribution in [-0.4, -0.2) is 26.6 Å². The highest BCUT2D eigenvalue weighted by molar-refractivity contribution is 8.22. The zero-order valence-corrected chi connectivity index (χ0v) is 8.28. The molecule has 0 amide bonds. The Hall–Kier alpha value is 0.550. The van der Waals surface area contributed by atoms with E-state index in [9.17, 15) is 4.55 Å². The van der Waals surface area contributed by atoms with E-state index in [4.69, 9.17) is 5.73 Å². The van der Waals surface area contributed by atoms with E-state index in [-0.39, 0.29) is 0 Å². The van der Waals surface area contributed by atoms with Crippen LogP contribution in [0.5, 0.6) is 0 Å². The Morgan fingerprint density at radius 2 is 2.40 bits per heavy atom. The summed E-state index contributed by atoms with van der Waals surface area (Å²) in [7, 11) is 0. The van der Waals surface area contributed by atoms with E-state index in [2.05, 4.69) is 12.2 Å². The fraction of sp³-hybridized carbons (Fsp3) is 0.800. The average molecular weight is 197 g/mol. The molecule has 0 aromatic carbocycles. The van der Waals surface area contributed by atoms with Gasteiger partial charge in [0.15, 0.2) is 0 Å². The van der Waals surface area contributed by atoms with Crippen molar-refractivity contribution >= 4 is 39.5 Å². The maximum Gasteiger partial charge on any atom is 0.131 e. The van der Waals surface area contributed by atoms with Crippen molar-refractivity contribution in [3.05, 3.63) is 0 Å². The van der Waals surface area contributed by atoms with Crippen LogP contribution in [0.4, 0.5) is 0 Å². The predicted molar refractivity (Wildman–Crippen MR) is 52.8 cm³/mol. The second-order valence-corrected chi connectivity index (χ2v) is 5.19. The molecule has 0 saturated heterocycles. The molecule has 1 unspecified atom stereocenters.